The second-order valence-electron chi connectivity index (χ2n) is 6.82. The van der Waals surface area contributed by atoms with Crippen LogP contribution in [0.4, 0.5) is 0 Å². The van der Waals surface area contributed by atoms with Crippen molar-refractivity contribution in [1.82, 2.24) is 4.90 Å². The van der Waals surface area contributed by atoms with E-state index in [1.54, 1.807) is 31.2 Å². The number of nitrogens with zero attached hydrogens (tertiary/aromatic N) is 1. The molecular weight excluding hydrogens is 369 g/mol. The van der Waals surface area contributed by atoms with Crippen LogP contribution in [0.1, 0.15) is 66.7 Å². The summed E-state index contributed by atoms with van der Waals surface area (Å²) in [5.74, 6) is -1.56. The van der Waals surface area contributed by atoms with Crippen molar-refractivity contribution >= 4 is 25.8 Å². The Hall–Kier alpha value is -1.98. The number of benzene rings is 1. The van der Waals surface area contributed by atoms with Crippen molar-refractivity contribution in [2.24, 2.45) is 0 Å². The molecule has 1 aromatic carbocycles. The topological polar surface area (TPSA) is 101 Å². The van der Waals surface area contributed by atoms with Gasteiger partial charge in [0.05, 0.1) is 17.2 Å². The van der Waals surface area contributed by atoms with Crippen molar-refractivity contribution in [2.45, 2.75) is 57.7 Å². The summed E-state index contributed by atoms with van der Waals surface area (Å²) in [7, 11) is -2.59. The molecule has 1 aromatic rings. The lowest BCUT2D eigenvalue weighted by molar-refractivity contribution is -0.136. The Morgan fingerprint density at radius 3 is 2.19 bits per heavy atom. The van der Waals surface area contributed by atoms with Gasteiger partial charge < -0.3 is 9.63 Å². The molecule has 0 aliphatic carbocycles. The molecule has 0 bridgehead atoms. The van der Waals surface area contributed by atoms with Gasteiger partial charge in [-0.05, 0) is 38.8 Å². The summed E-state index contributed by atoms with van der Waals surface area (Å²) < 4.78 is 17.0. The SMILES string of the molecule is CC(CCCCCCN1C(=O)c2ccccc2C1=O)O[PH](=O)C(C)C(=O)O. The molecule has 27 heavy (non-hydrogen) atoms. The fourth-order valence-corrected chi connectivity index (χ4v) is 3.88. The van der Waals surface area contributed by atoms with Gasteiger partial charge in [0.1, 0.15) is 5.66 Å². The van der Waals surface area contributed by atoms with E-state index >= 15 is 0 Å². The number of imide groups is 1. The maximum absolute atomic E-state index is 12.2. The van der Waals surface area contributed by atoms with Gasteiger partial charge in [-0.25, -0.2) is 0 Å². The van der Waals surface area contributed by atoms with Gasteiger partial charge in [-0.1, -0.05) is 31.4 Å². The maximum atomic E-state index is 12.2. The van der Waals surface area contributed by atoms with E-state index in [2.05, 4.69) is 0 Å². The summed E-state index contributed by atoms with van der Waals surface area (Å²) >= 11 is 0. The van der Waals surface area contributed by atoms with E-state index in [1.807, 2.05) is 0 Å². The molecule has 1 aliphatic rings. The summed E-state index contributed by atoms with van der Waals surface area (Å²) in [5.41, 5.74) is -0.0318. The van der Waals surface area contributed by atoms with Gasteiger partial charge >= 0.3 is 5.97 Å². The van der Waals surface area contributed by atoms with Crippen LogP contribution in [0.15, 0.2) is 24.3 Å². The zero-order valence-electron chi connectivity index (χ0n) is 15.6. The number of amides is 2. The normalized spacial score (nSPS) is 16.9. The smallest absolute Gasteiger partial charge is 0.315 e. The zero-order valence-corrected chi connectivity index (χ0v) is 16.6. The molecule has 1 N–H and O–H groups in total. The van der Waals surface area contributed by atoms with Gasteiger partial charge in [0.15, 0.2) is 0 Å². The van der Waals surface area contributed by atoms with Gasteiger partial charge in [0.25, 0.3) is 11.8 Å². The highest BCUT2D eigenvalue weighted by Gasteiger charge is 2.34. The number of unbranched alkanes of at least 4 members (excludes halogenated alkanes) is 3. The fourth-order valence-electron chi connectivity index (χ4n) is 2.96. The Balaban J connectivity index is 1.63. The highest BCUT2D eigenvalue weighted by Crippen LogP contribution is 2.32. The Bertz CT molecular complexity index is 700. The molecule has 3 unspecified atom stereocenters. The number of carbonyl (C=O) groups excluding carboxylic acids is 2. The number of fused-ring (bicyclic) bond motifs is 1. The van der Waals surface area contributed by atoms with Gasteiger partial charge in [0, 0.05) is 6.54 Å². The molecule has 2 amide bonds. The van der Waals surface area contributed by atoms with Crippen molar-refractivity contribution in [3.63, 3.8) is 0 Å². The maximum Gasteiger partial charge on any atom is 0.315 e. The van der Waals surface area contributed by atoms with Gasteiger partial charge in [0.2, 0.25) is 8.03 Å². The number of aliphatic carboxylic acids is 1. The predicted octanol–water partition coefficient (Wildman–Crippen LogP) is 3.59. The van der Waals surface area contributed by atoms with Crippen molar-refractivity contribution in [2.75, 3.05) is 6.54 Å². The van der Waals surface area contributed by atoms with Crippen LogP contribution in [0, 0.1) is 0 Å². The minimum absolute atomic E-state index is 0.227. The van der Waals surface area contributed by atoms with Crippen molar-refractivity contribution in [3.8, 4) is 0 Å². The molecule has 0 spiro atoms. The number of rotatable bonds is 11. The Morgan fingerprint density at radius 2 is 1.63 bits per heavy atom. The summed E-state index contributed by atoms with van der Waals surface area (Å²) in [6.07, 6.45) is 3.77. The fraction of sp³-hybridized carbons (Fsp3) is 0.526. The molecule has 7 nitrogen and oxygen atoms in total. The second kappa shape index (κ2) is 9.81. The zero-order chi connectivity index (χ0) is 20.0. The number of carbonyl (C=O) groups is 3. The minimum Gasteiger partial charge on any atom is -0.481 e. The summed E-state index contributed by atoms with van der Waals surface area (Å²) in [6, 6.07) is 6.85. The highest BCUT2D eigenvalue weighted by atomic mass is 31.1. The largest absolute Gasteiger partial charge is 0.481 e. The van der Waals surface area contributed by atoms with Crippen molar-refractivity contribution in [3.05, 3.63) is 35.4 Å². The summed E-state index contributed by atoms with van der Waals surface area (Å²) in [5, 5.41) is 8.82. The van der Waals surface area contributed by atoms with E-state index in [0.29, 0.717) is 24.1 Å². The molecule has 0 fully saturated rings. The van der Waals surface area contributed by atoms with E-state index in [9.17, 15) is 18.9 Å². The lowest BCUT2D eigenvalue weighted by Gasteiger charge is -2.15. The van der Waals surface area contributed by atoms with Crippen LogP contribution in [-0.2, 0) is 13.9 Å². The molecule has 0 saturated carbocycles. The van der Waals surface area contributed by atoms with Crippen LogP contribution in [0.25, 0.3) is 0 Å². The third-order valence-corrected chi connectivity index (χ3v) is 6.25. The van der Waals surface area contributed by atoms with E-state index in [1.165, 1.54) is 11.8 Å². The van der Waals surface area contributed by atoms with Crippen LogP contribution in [0.3, 0.4) is 0 Å². The quantitative estimate of drug-likeness (QED) is 0.349. The third-order valence-electron chi connectivity index (χ3n) is 4.66. The second-order valence-corrected chi connectivity index (χ2v) is 8.56. The van der Waals surface area contributed by atoms with Crippen LogP contribution in [0.5, 0.6) is 0 Å². The molecular formula is C19H26NO6P. The first kappa shape index (κ1) is 21.3. The van der Waals surface area contributed by atoms with Crippen LogP contribution < -0.4 is 0 Å². The molecule has 1 aliphatic heterocycles. The summed E-state index contributed by atoms with van der Waals surface area (Å²) in [6.45, 7) is 3.58. The Labute approximate surface area is 159 Å². The standard InChI is InChI=1S/C19H26NO6P/c1-13(26-27(25)14(2)19(23)24)9-5-3-4-8-12-20-17(21)15-10-6-7-11-16(15)18(20)22/h6-7,10-11,13-14,27H,3-5,8-9,12H2,1-2H3,(H,23,24). The van der Waals surface area contributed by atoms with Crippen LogP contribution in [0.2, 0.25) is 0 Å². The van der Waals surface area contributed by atoms with Gasteiger partial charge in [-0.2, -0.15) is 0 Å². The van der Waals surface area contributed by atoms with Crippen molar-refractivity contribution in [1.29, 1.82) is 0 Å². The first-order valence-electron chi connectivity index (χ1n) is 9.21. The van der Waals surface area contributed by atoms with Crippen LogP contribution >= 0.6 is 8.03 Å². The average Bonchev–Trinajstić information content (AvgIpc) is 2.88. The number of hydrogen-bond donors (Lipinski definition) is 1. The molecule has 148 valence electrons. The molecule has 0 saturated heterocycles. The number of carboxylic acids is 1. The first-order valence-corrected chi connectivity index (χ1v) is 10.6. The Kier molecular flexibility index (Phi) is 7.75. The van der Waals surface area contributed by atoms with E-state index < -0.39 is 19.7 Å². The summed E-state index contributed by atoms with van der Waals surface area (Å²) in [4.78, 5) is 36.6. The lowest BCUT2D eigenvalue weighted by atomic mass is 10.1. The lowest BCUT2D eigenvalue weighted by Crippen LogP contribution is -2.30. The van der Waals surface area contributed by atoms with E-state index in [-0.39, 0.29) is 17.9 Å². The van der Waals surface area contributed by atoms with Gasteiger partial charge in [-0.15, -0.1) is 0 Å². The Morgan fingerprint density at radius 1 is 1.07 bits per heavy atom. The molecule has 8 heteroatoms. The first-order chi connectivity index (χ1) is 12.8. The number of carboxylic acid groups (broad SMARTS) is 1. The van der Waals surface area contributed by atoms with Gasteiger partial charge in [-0.3, -0.25) is 23.8 Å². The average molecular weight is 395 g/mol. The molecule has 0 aromatic heterocycles. The number of hydrogen-bond acceptors (Lipinski definition) is 5. The van der Waals surface area contributed by atoms with Crippen LogP contribution in [-0.4, -0.2) is 46.1 Å². The van der Waals surface area contributed by atoms with E-state index in [4.69, 9.17) is 9.63 Å². The molecule has 3 atom stereocenters. The highest BCUT2D eigenvalue weighted by molar-refractivity contribution is 7.41. The minimum atomic E-state index is -2.59. The van der Waals surface area contributed by atoms with Crippen molar-refractivity contribution < 1.29 is 28.6 Å². The monoisotopic (exact) mass is 395 g/mol. The predicted molar refractivity (Wildman–Crippen MR) is 102 cm³/mol. The van der Waals surface area contributed by atoms with E-state index in [0.717, 1.165) is 25.7 Å². The molecule has 1 heterocycles. The molecule has 0 radical (unpaired) electrons. The molecule has 2 rings (SSSR count). The third kappa shape index (κ3) is 5.50.